The van der Waals surface area contributed by atoms with Gasteiger partial charge in [-0.1, -0.05) is 46.6 Å². The highest BCUT2D eigenvalue weighted by molar-refractivity contribution is 9.10. The molecule has 3 nitrogen and oxygen atoms in total. The number of benzene rings is 2. The van der Waals surface area contributed by atoms with Crippen LogP contribution in [0.2, 0.25) is 0 Å². The zero-order chi connectivity index (χ0) is 16.3. The second kappa shape index (κ2) is 6.55. The quantitative estimate of drug-likeness (QED) is 0.884. The molecule has 0 aliphatic heterocycles. The van der Waals surface area contributed by atoms with Gasteiger partial charge in [-0.3, -0.25) is 4.79 Å². The van der Waals surface area contributed by atoms with Gasteiger partial charge in [0, 0.05) is 11.0 Å². The predicted molar refractivity (Wildman–Crippen MR) is 92.7 cm³/mol. The van der Waals surface area contributed by atoms with Gasteiger partial charge < -0.3 is 5.32 Å². The Morgan fingerprint density at radius 3 is 2.57 bits per heavy atom. The maximum atomic E-state index is 12.8. The van der Waals surface area contributed by atoms with Crippen LogP contribution in [0.4, 0.5) is 0 Å². The molecule has 0 atom stereocenters. The lowest BCUT2D eigenvalue weighted by atomic mass is 9.64. The SMILES string of the molecule is N#Cc1cccc(CNC(=O)C2(c3ccc(Br)cc3)CCC2)c1. The van der Waals surface area contributed by atoms with Gasteiger partial charge in [-0.05, 0) is 48.2 Å². The monoisotopic (exact) mass is 368 g/mol. The standard InChI is InChI=1S/C19H17BrN2O/c20-17-7-5-16(6-8-17)19(9-2-10-19)18(23)22-13-15-4-1-3-14(11-15)12-21/h1,3-8,11H,2,9-10,13H2,(H,22,23). The summed E-state index contributed by atoms with van der Waals surface area (Å²) in [6, 6.07) is 17.5. The fourth-order valence-electron chi connectivity index (χ4n) is 3.05. The van der Waals surface area contributed by atoms with Crippen molar-refractivity contribution in [3.63, 3.8) is 0 Å². The molecule has 0 unspecified atom stereocenters. The number of carbonyl (C=O) groups is 1. The van der Waals surface area contributed by atoms with Crippen molar-refractivity contribution in [3.8, 4) is 6.07 Å². The molecule has 0 spiro atoms. The summed E-state index contributed by atoms with van der Waals surface area (Å²) in [7, 11) is 0. The molecular formula is C19H17BrN2O. The van der Waals surface area contributed by atoms with E-state index in [2.05, 4.69) is 27.3 Å². The smallest absolute Gasteiger partial charge is 0.230 e. The molecule has 1 N–H and O–H groups in total. The normalized spacial score (nSPS) is 15.3. The molecule has 1 fully saturated rings. The zero-order valence-corrected chi connectivity index (χ0v) is 14.3. The van der Waals surface area contributed by atoms with Crippen molar-refractivity contribution >= 4 is 21.8 Å². The van der Waals surface area contributed by atoms with E-state index in [1.54, 1.807) is 6.07 Å². The lowest BCUT2D eigenvalue weighted by Gasteiger charge is -2.40. The highest BCUT2D eigenvalue weighted by Crippen LogP contribution is 2.44. The fourth-order valence-corrected chi connectivity index (χ4v) is 3.31. The molecule has 116 valence electrons. The molecule has 2 aromatic carbocycles. The molecule has 23 heavy (non-hydrogen) atoms. The van der Waals surface area contributed by atoms with Gasteiger partial charge >= 0.3 is 0 Å². The number of rotatable bonds is 4. The first-order valence-electron chi connectivity index (χ1n) is 7.67. The maximum absolute atomic E-state index is 12.8. The van der Waals surface area contributed by atoms with E-state index in [9.17, 15) is 4.79 Å². The van der Waals surface area contributed by atoms with Crippen molar-refractivity contribution in [2.45, 2.75) is 31.2 Å². The Morgan fingerprint density at radius 2 is 1.96 bits per heavy atom. The summed E-state index contributed by atoms with van der Waals surface area (Å²) >= 11 is 3.44. The van der Waals surface area contributed by atoms with Gasteiger partial charge in [0.15, 0.2) is 0 Å². The van der Waals surface area contributed by atoms with Gasteiger partial charge in [0.25, 0.3) is 0 Å². The van der Waals surface area contributed by atoms with Gasteiger partial charge in [0.1, 0.15) is 0 Å². The van der Waals surface area contributed by atoms with Crippen LogP contribution in [0.25, 0.3) is 0 Å². The molecule has 0 aromatic heterocycles. The number of nitriles is 1. The minimum atomic E-state index is -0.395. The van der Waals surface area contributed by atoms with E-state index >= 15 is 0 Å². The van der Waals surface area contributed by atoms with Crippen molar-refractivity contribution in [2.24, 2.45) is 0 Å². The molecule has 1 amide bonds. The summed E-state index contributed by atoms with van der Waals surface area (Å²) in [5.74, 6) is 0.0773. The van der Waals surface area contributed by atoms with Crippen LogP contribution in [0.5, 0.6) is 0 Å². The van der Waals surface area contributed by atoms with Crippen LogP contribution in [0.1, 0.15) is 36.0 Å². The van der Waals surface area contributed by atoms with Crippen LogP contribution >= 0.6 is 15.9 Å². The van der Waals surface area contributed by atoms with E-state index in [0.717, 1.165) is 34.9 Å². The molecule has 0 saturated heterocycles. The summed E-state index contributed by atoms with van der Waals surface area (Å²) in [4.78, 5) is 12.8. The van der Waals surface area contributed by atoms with Crippen molar-refractivity contribution in [2.75, 3.05) is 0 Å². The van der Waals surface area contributed by atoms with Crippen LogP contribution in [-0.2, 0) is 16.8 Å². The number of hydrogen-bond donors (Lipinski definition) is 1. The first-order valence-corrected chi connectivity index (χ1v) is 8.47. The lowest BCUT2D eigenvalue weighted by molar-refractivity contribution is -0.130. The number of nitrogens with zero attached hydrogens (tertiary/aromatic N) is 1. The Balaban J connectivity index is 1.73. The summed E-state index contributed by atoms with van der Waals surface area (Å²) in [6.45, 7) is 0.451. The molecule has 0 heterocycles. The van der Waals surface area contributed by atoms with E-state index in [1.807, 2.05) is 42.5 Å². The molecule has 2 aromatic rings. The Labute approximate surface area is 144 Å². The largest absolute Gasteiger partial charge is 0.351 e. The average Bonchev–Trinajstić information content (AvgIpc) is 2.54. The van der Waals surface area contributed by atoms with E-state index in [-0.39, 0.29) is 5.91 Å². The summed E-state index contributed by atoms with van der Waals surface area (Å²) in [5.41, 5.74) is 2.24. The van der Waals surface area contributed by atoms with E-state index in [0.29, 0.717) is 12.1 Å². The first-order chi connectivity index (χ1) is 11.1. The van der Waals surface area contributed by atoms with Gasteiger partial charge in [-0.25, -0.2) is 0 Å². The van der Waals surface area contributed by atoms with Gasteiger partial charge in [-0.2, -0.15) is 5.26 Å². The third kappa shape index (κ3) is 3.16. The topological polar surface area (TPSA) is 52.9 Å². The van der Waals surface area contributed by atoms with Crippen molar-refractivity contribution in [3.05, 3.63) is 69.7 Å². The van der Waals surface area contributed by atoms with E-state index < -0.39 is 5.41 Å². The second-order valence-electron chi connectivity index (χ2n) is 5.94. The molecule has 3 rings (SSSR count). The van der Waals surface area contributed by atoms with Crippen LogP contribution < -0.4 is 5.32 Å². The third-order valence-electron chi connectivity index (χ3n) is 4.55. The van der Waals surface area contributed by atoms with Gasteiger partial charge in [0.2, 0.25) is 5.91 Å². The minimum Gasteiger partial charge on any atom is -0.351 e. The average molecular weight is 369 g/mol. The van der Waals surface area contributed by atoms with Crippen LogP contribution in [0.3, 0.4) is 0 Å². The predicted octanol–water partition coefficient (Wildman–Crippen LogP) is 4.06. The minimum absolute atomic E-state index is 0.0773. The number of hydrogen-bond acceptors (Lipinski definition) is 2. The Bertz CT molecular complexity index is 758. The maximum Gasteiger partial charge on any atom is 0.230 e. The summed E-state index contributed by atoms with van der Waals surface area (Å²) < 4.78 is 1.02. The molecule has 0 radical (unpaired) electrons. The molecular weight excluding hydrogens is 352 g/mol. The molecule has 1 aliphatic rings. The second-order valence-corrected chi connectivity index (χ2v) is 6.85. The van der Waals surface area contributed by atoms with E-state index in [1.165, 1.54) is 0 Å². The number of amides is 1. The summed E-state index contributed by atoms with van der Waals surface area (Å²) in [5, 5.41) is 12.0. The number of halogens is 1. The van der Waals surface area contributed by atoms with Gasteiger partial charge in [0.05, 0.1) is 17.0 Å². The van der Waals surface area contributed by atoms with Gasteiger partial charge in [-0.15, -0.1) is 0 Å². The Morgan fingerprint density at radius 1 is 1.22 bits per heavy atom. The van der Waals surface area contributed by atoms with Crippen LogP contribution in [0.15, 0.2) is 53.0 Å². The molecule has 0 bridgehead atoms. The van der Waals surface area contributed by atoms with Crippen molar-refractivity contribution in [1.29, 1.82) is 5.26 Å². The molecule has 1 aliphatic carbocycles. The van der Waals surface area contributed by atoms with Crippen molar-refractivity contribution in [1.82, 2.24) is 5.32 Å². The number of carbonyl (C=O) groups excluding carboxylic acids is 1. The first kappa shape index (κ1) is 15.8. The molecule has 1 saturated carbocycles. The Hall–Kier alpha value is -2.12. The highest BCUT2D eigenvalue weighted by atomic mass is 79.9. The zero-order valence-electron chi connectivity index (χ0n) is 12.7. The fraction of sp³-hybridized carbons (Fsp3) is 0.263. The third-order valence-corrected chi connectivity index (χ3v) is 5.08. The lowest BCUT2D eigenvalue weighted by Crippen LogP contribution is -2.48. The Kier molecular flexibility index (Phi) is 4.49. The number of nitrogens with one attached hydrogen (secondary N) is 1. The van der Waals surface area contributed by atoms with Crippen LogP contribution in [0, 0.1) is 11.3 Å². The van der Waals surface area contributed by atoms with Crippen molar-refractivity contribution < 1.29 is 4.79 Å². The van der Waals surface area contributed by atoms with E-state index in [4.69, 9.17) is 5.26 Å². The highest BCUT2D eigenvalue weighted by Gasteiger charge is 2.45. The van der Waals surface area contributed by atoms with Crippen LogP contribution in [-0.4, -0.2) is 5.91 Å². The molecule has 4 heteroatoms. The summed E-state index contributed by atoms with van der Waals surface area (Å²) in [6.07, 6.45) is 2.85.